The Labute approximate surface area is 182 Å². The molecule has 2 heterocycles. The monoisotopic (exact) mass is 442 g/mol. The van der Waals surface area contributed by atoms with Gasteiger partial charge in [-0.1, -0.05) is 53.9 Å². The van der Waals surface area contributed by atoms with Crippen LogP contribution in [0.4, 0.5) is 0 Å². The largest absolute Gasteiger partial charge is 0.492 e. The van der Waals surface area contributed by atoms with Crippen LogP contribution in [-0.2, 0) is 12.3 Å². The van der Waals surface area contributed by atoms with Crippen molar-refractivity contribution in [2.24, 2.45) is 0 Å². The van der Waals surface area contributed by atoms with E-state index >= 15 is 0 Å². The lowest BCUT2D eigenvalue weighted by molar-refractivity contribution is 0.341. The van der Waals surface area contributed by atoms with Gasteiger partial charge in [-0.3, -0.25) is 0 Å². The van der Waals surface area contributed by atoms with Crippen LogP contribution in [0.15, 0.2) is 58.0 Å². The predicted molar refractivity (Wildman–Crippen MR) is 122 cm³/mol. The summed E-state index contributed by atoms with van der Waals surface area (Å²) < 4.78 is 10.3. The molecule has 0 aliphatic carbocycles. The molecule has 0 amide bonds. The average Bonchev–Trinajstić information content (AvgIpc) is 3.33. The number of aromatic nitrogens is 4. The molecule has 150 valence electrons. The summed E-state index contributed by atoms with van der Waals surface area (Å²) in [6, 6.07) is 16.3. The van der Waals surface area contributed by atoms with Crippen LogP contribution in [0.1, 0.15) is 18.3 Å². The van der Waals surface area contributed by atoms with Gasteiger partial charge < -0.3 is 9.30 Å². The summed E-state index contributed by atoms with van der Waals surface area (Å²) in [6.07, 6.45) is 0. The highest BCUT2D eigenvalue weighted by Gasteiger charge is 2.13. The Morgan fingerprint density at radius 3 is 2.69 bits per heavy atom. The molecule has 0 N–H and O–H groups in total. The van der Waals surface area contributed by atoms with Crippen molar-refractivity contribution in [3.63, 3.8) is 0 Å². The lowest BCUT2D eigenvalue weighted by atomic mass is 10.2. The van der Waals surface area contributed by atoms with Crippen LogP contribution in [0.3, 0.4) is 0 Å². The fourth-order valence-electron chi connectivity index (χ4n) is 2.89. The van der Waals surface area contributed by atoms with E-state index in [1.165, 1.54) is 4.70 Å². The third-order valence-corrected chi connectivity index (χ3v) is 7.48. The Hall–Kier alpha value is -2.03. The van der Waals surface area contributed by atoms with E-state index in [1.807, 2.05) is 24.3 Å². The fourth-order valence-corrected chi connectivity index (χ4v) is 5.74. The molecule has 4 aromatic rings. The molecule has 0 aliphatic rings. The smallest absolute Gasteiger partial charge is 0.191 e. The van der Waals surface area contributed by atoms with Gasteiger partial charge in [0.15, 0.2) is 9.50 Å². The van der Waals surface area contributed by atoms with E-state index in [-0.39, 0.29) is 0 Å². The summed E-state index contributed by atoms with van der Waals surface area (Å²) in [5, 5.41) is 9.75. The molecule has 0 saturated heterocycles. The van der Waals surface area contributed by atoms with Crippen LogP contribution in [0, 0.1) is 6.92 Å². The molecular weight excluding hydrogens is 420 g/mol. The van der Waals surface area contributed by atoms with E-state index in [1.54, 1.807) is 34.9 Å². The molecular formula is C21H22N4OS3. The molecule has 29 heavy (non-hydrogen) atoms. The Morgan fingerprint density at radius 1 is 1.03 bits per heavy atom. The van der Waals surface area contributed by atoms with Gasteiger partial charge in [-0.25, -0.2) is 4.98 Å². The van der Waals surface area contributed by atoms with Crippen molar-refractivity contribution in [2.45, 2.75) is 35.6 Å². The van der Waals surface area contributed by atoms with Gasteiger partial charge in [-0.2, -0.15) is 0 Å². The van der Waals surface area contributed by atoms with Crippen LogP contribution in [-0.4, -0.2) is 32.1 Å². The number of rotatable bonds is 9. The highest BCUT2D eigenvalue weighted by Crippen LogP contribution is 2.31. The van der Waals surface area contributed by atoms with Crippen LogP contribution in [0.2, 0.25) is 0 Å². The topological polar surface area (TPSA) is 52.8 Å². The van der Waals surface area contributed by atoms with Gasteiger partial charge in [-0.15, -0.1) is 21.5 Å². The average molecular weight is 443 g/mol. The third kappa shape index (κ3) is 4.94. The molecule has 0 spiro atoms. The maximum Gasteiger partial charge on any atom is 0.191 e. The van der Waals surface area contributed by atoms with Gasteiger partial charge in [0.2, 0.25) is 0 Å². The van der Waals surface area contributed by atoms with Crippen molar-refractivity contribution >= 4 is 45.1 Å². The summed E-state index contributed by atoms with van der Waals surface area (Å²) in [6.45, 7) is 5.68. The van der Waals surface area contributed by atoms with E-state index in [0.29, 0.717) is 6.61 Å². The highest BCUT2D eigenvalue weighted by molar-refractivity contribution is 8.00. The Morgan fingerprint density at radius 2 is 1.86 bits per heavy atom. The molecule has 2 aromatic heterocycles. The summed E-state index contributed by atoms with van der Waals surface area (Å²) in [7, 11) is 0. The molecule has 4 rings (SSSR count). The van der Waals surface area contributed by atoms with E-state index in [9.17, 15) is 0 Å². The maximum absolute atomic E-state index is 5.88. The zero-order valence-electron chi connectivity index (χ0n) is 16.4. The minimum absolute atomic E-state index is 0.641. The standard InChI is InChI=1S/C21H22N4OS3/c1-3-25-19(14-28-21-22-16-9-5-7-11-18(16)29-21)23-24-20(25)27-13-12-26-17-10-6-4-8-15(17)2/h4-11H,3,12-14H2,1-2H3. The zero-order valence-corrected chi connectivity index (χ0v) is 18.8. The van der Waals surface area contributed by atoms with Crippen LogP contribution < -0.4 is 4.74 Å². The number of hydrogen-bond acceptors (Lipinski definition) is 7. The van der Waals surface area contributed by atoms with Crippen molar-refractivity contribution in [2.75, 3.05) is 12.4 Å². The quantitative estimate of drug-likeness (QED) is 0.246. The molecule has 0 atom stereocenters. The molecule has 0 saturated carbocycles. The number of para-hydroxylation sites is 2. The van der Waals surface area contributed by atoms with Gasteiger partial charge in [0.25, 0.3) is 0 Å². The maximum atomic E-state index is 5.88. The van der Waals surface area contributed by atoms with Crippen LogP contribution in [0.25, 0.3) is 10.2 Å². The second kappa shape index (κ2) is 9.65. The van der Waals surface area contributed by atoms with Crippen LogP contribution in [0.5, 0.6) is 5.75 Å². The molecule has 0 unspecified atom stereocenters. The molecule has 0 bridgehead atoms. The molecule has 0 aliphatic heterocycles. The second-order valence-corrected chi connectivity index (χ2v) is 9.66. The van der Waals surface area contributed by atoms with E-state index in [4.69, 9.17) is 4.74 Å². The molecule has 0 radical (unpaired) electrons. The Kier molecular flexibility index (Phi) is 6.74. The predicted octanol–water partition coefficient (Wildman–Crippen LogP) is 5.68. The first-order valence-electron chi connectivity index (χ1n) is 9.46. The van der Waals surface area contributed by atoms with Gasteiger partial charge >= 0.3 is 0 Å². The number of fused-ring (bicyclic) bond motifs is 1. The summed E-state index contributed by atoms with van der Waals surface area (Å²) in [4.78, 5) is 4.69. The molecule has 5 nitrogen and oxygen atoms in total. The number of aryl methyl sites for hydroxylation is 1. The van der Waals surface area contributed by atoms with E-state index < -0.39 is 0 Å². The summed E-state index contributed by atoms with van der Waals surface area (Å²) >= 11 is 5.13. The highest BCUT2D eigenvalue weighted by atomic mass is 32.2. The van der Waals surface area contributed by atoms with Crippen molar-refractivity contribution in [3.8, 4) is 5.75 Å². The number of ether oxygens (including phenoxy) is 1. The van der Waals surface area contributed by atoms with Gasteiger partial charge in [0.1, 0.15) is 11.6 Å². The lowest BCUT2D eigenvalue weighted by Crippen LogP contribution is -2.05. The molecule has 2 aromatic carbocycles. The number of nitrogens with zero attached hydrogens (tertiary/aromatic N) is 4. The van der Waals surface area contributed by atoms with Crippen molar-refractivity contribution in [1.29, 1.82) is 0 Å². The first-order chi connectivity index (χ1) is 14.2. The van der Waals surface area contributed by atoms with E-state index in [0.717, 1.165) is 50.2 Å². The molecule has 0 fully saturated rings. The Bertz CT molecular complexity index is 1060. The van der Waals surface area contributed by atoms with Gasteiger partial charge in [-0.05, 0) is 37.6 Å². The molecule has 8 heteroatoms. The fraction of sp³-hybridized carbons (Fsp3) is 0.286. The number of thiazole rings is 1. The van der Waals surface area contributed by atoms with Crippen molar-refractivity contribution < 1.29 is 4.74 Å². The SMILES string of the molecule is CCn1c(CSc2nc3ccccc3s2)nnc1SCCOc1ccccc1C. The number of benzene rings is 2. The van der Waals surface area contributed by atoms with Gasteiger partial charge in [0, 0.05) is 12.3 Å². The summed E-state index contributed by atoms with van der Waals surface area (Å²) in [5.41, 5.74) is 2.21. The van der Waals surface area contributed by atoms with Crippen molar-refractivity contribution in [1.82, 2.24) is 19.7 Å². The number of hydrogen-bond donors (Lipinski definition) is 0. The zero-order chi connectivity index (χ0) is 20.1. The number of thioether (sulfide) groups is 2. The third-order valence-electron chi connectivity index (χ3n) is 4.37. The second-order valence-electron chi connectivity index (χ2n) is 6.34. The first-order valence-corrected chi connectivity index (χ1v) is 12.2. The summed E-state index contributed by atoms with van der Waals surface area (Å²) in [5.74, 6) is 3.52. The van der Waals surface area contributed by atoms with Crippen molar-refractivity contribution in [3.05, 3.63) is 59.9 Å². The minimum Gasteiger partial charge on any atom is -0.492 e. The van der Waals surface area contributed by atoms with Crippen LogP contribution >= 0.6 is 34.9 Å². The first kappa shape index (κ1) is 20.3. The Balaban J connectivity index is 1.33. The minimum atomic E-state index is 0.641. The normalized spacial score (nSPS) is 11.2. The lowest BCUT2D eigenvalue weighted by Gasteiger charge is -2.09. The van der Waals surface area contributed by atoms with E-state index in [2.05, 4.69) is 57.9 Å². The van der Waals surface area contributed by atoms with Gasteiger partial charge in [0.05, 0.1) is 22.6 Å².